The summed E-state index contributed by atoms with van der Waals surface area (Å²) in [5.74, 6) is 0.804. The van der Waals surface area contributed by atoms with Crippen molar-refractivity contribution in [1.82, 2.24) is 10.6 Å². The van der Waals surface area contributed by atoms with Crippen molar-refractivity contribution in [3.63, 3.8) is 0 Å². The summed E-state index contributed by atoms with van der Waals surface area (Å²) in [6.45, 7) is 3.00. The van der Waals surface area contributed by atoms with E-state index in [1.54, 1.807) is 11.3 Å². The Morgan fingerprint density at radius 3 is 3.24 bits per heavy atom. The fraction of sp³-hybridized carbons (Fsp3) is 0.615. The molecule has 1 unspecified atom stereocenters. The van der Waals surface area contributed by atoms with E-state index >= 15 is 0 Å². The van der Waals surface area contributed by atoms with Gasteiger partial charge in [0.15, 0.2) is 0 Å². The number of piperidine rings is 1. The maximum Gasteiger partial charge on any atom is 0.220 e. The Hall–Kier alpha value is -0.870. The predicted octanol–water partition coefficient (Wildman–Crippen LogP) is 1.80. The lowest BCUT2D eigenvalue weighted by Gasteiger charge is -2.22. The molecule has 1 amide bonds. The van der Waals surface area contributed by atoms with E-state index in [1.807, 2.05) is 6.07 Å². The van der Waals surface area contributed by atoms with Crippen LogP contribution in [-0.2, 0) is 11.2 Å². The number of carbonyl (C=O) groups excluding carboxylic acids is 1. The zero-order valence-electron chi connectivity index (χ0n) is 10.1. The summed E-state index contributed by atoms with van der Waals surface area (Å²) in [5.41, 5.74) is 0. The van der Waals surface area contributed by atoms with Gasteiger partial charge >= 0.3 is 0 Å². The molecule has 17 heavy (non-hydrogen) atoms. The minimum atomic E-state index is 0.184. The van der Waals surface area contributed by atoms with Gasteiger partial charge in [-0.15, -0.1) is 11.3 Å². The zero-order chi connectivity index (χ0) is 11.9. The second kappa shape index (κ2) is 6.77. The third-order valence-electron chi connectivity index (χ3n) is 3.17. The van der Waals surface area contributed by atoms with Gasteiger partial charge in [-0.3, -0.25) is 4.79 Å². The molecule has 1 fully saturated rings. The molecule has 0 aromatic carbocycles. The molecule has 1 saturated heterocycles. The lowest BCUT2D eigenvalue weighted by atomic mass is 10.00. The largest absolute Gasteiger partial charge is 0.356 e. The van der Waals surface area contributed by atoms with E-state index in [0.29, 0.717) is 12.3 Å². The first-order valence-corrected chi connectivity index (χ1v) is 7.22. The van der Waals surface area contributed by atoms with Crippen LogP contribution >= 0.6 is 11.3 Å². The normalized spacial score (nSPS) is 20.1. The van der Waals surface area contributed by atoms with Crippen LogP contribution in [0.25, 0.3) is 0 Å². The average Bonchev–Trinajstić information content (AvgIpc) is 2.88. The molecule has 4 heteroatoms. The highest BCUT2D eigenvalue weighted by Gasteiger charge is 2.13. The van der Waals surface area contributed by atoms with E-state index in [-0.39, 0.29) is 5.91 Å². The standard InChI is InChI=1S/C13H20N2OS/c16-13(6-5-12-4-2-8-17-12)15-10-11-3-1-7-14-9-11/h2,4,8,11,14H,1,3,5-7,9-10H2,(H,15,16). The number of nitrogens with one attached hydrogen (secondary N) is 2. The molecule has 0 saturated carbocycles. The summed E-state index contributed by atoms with van der Waals surface area (Å²) in [5, 5.41) is 8.46. The summed E-state index contributed by atoms with van der Waals surface area (Å²) < 4.78 is 0. The Bertz CT molecular complexity index is 331. The monoisotopic (exact) mass is 252 g/mol. The van der Waals surface area contributed by atoms with Crippen LogP contribution < -0.4 is 10.6 Å². The Labute approximate surface area is 107 Å². The first-order chi connectivity index (χ1) is 8.34. The van der Waals surface area contributed by atoms with Gasteiger partial charge in [-0.2, -0.15) is 0 Å². The van der Waals surface area contributed by atoms with Gasteiger partial charge in [-0.1, -0.05) is 6.07 Å². The predicted molar refractivity (Wildman–Crippen MR) is 71.2 cm³/mol. The highest BCUT2D eigenvalue weighted by molar-refractivity contribution is 7.09. The third-order valence-corrected chi connectivity index (χ3v) is 4.10. The molecule has 1 aromatic rings. The SMILES string of the molecule is O=C(CCc1cccs1)NCC1CCCNC1. The smallest absolute Gasteiger partial charge is 0.220 e. The van der Waals surface area contributed by atoms with Gasteiger partial charge in [0, 0.05) is 17.8 Å². The van der Waals surface area contributed by atoms with E-state index < -0.39 is 0 Å². The highest BCUT2D eigenvalue weighted by Crippen LogP contribution is 2.11. The summed E-state index contributed by atoms with van der Waals surface area (Å²) in [6, 6.07) is 4.12. The second-order valence-electron chi connectivity index (χ2n) is 4.60. The number of rotatable bonds is 5. The van der Waals surface area contributed by atoms with Crippen molar-refractivity contribution in [2.75, 3.05) is 19.6 Å². The summed E-state index contributed by atoms with van der Waals surface area (Å²) in [6.07, 6.45) is 3.95. The summed E-state index contributed by atoms with van der Waals surface area (Å²) in [7, 11) is 0. The Morgan fingerprint density at radius 2 is 2.53 bits per heavy atom. The van der Waals surface area contributed by atoms with Crippen LogP contribution in [-0.4, -0.2) is 25.5 Å². The number of carbonyl (C=O) groups is 1. The molecule has 2 N–H and O–H groups in total. The van der Waals surface area contributed by atoms with Crippen molar-refractivity contribution in [3.8, 4) is 0 Å². The van der Waals surface area contributed by atoms with Gasteiger partial charge in [0.05, 0.1) is 0 Å². The topological polar surface area (TPSA) is 41.1 Å². The minimum absolute atomic E-state index is 0.184. The fourth-order valence-corrected chi connectivity index (χ4v) is 2.85. The first kappa shape index (κ1) is 12.6. The average molecular weight is 252 g/mol. The lowest BCUT2D eigenvalue weighted by Crippen LogP contribution is -2.38. The molecule has 94 valence electrons. The van der Waals surface area contributed by atoms with Crippen LogP contribution in [0.4, 0.5) is 0 Å². The molecule has 1 aromatic heterocycles. The van der Waals surface area contributed by atoms with Gasteiger partial charge in [0.1, 0.15) is 0 Å². The van der Waals surface area contributed by atoms with Crippen molar-refractivity contribution >= 4 is 17.2 Å². The van der Waals surface area contributed by atoms with Crippen LogP contribution in [0.5, 0.6) is 0 Å². The molecule has 2 heterocycles. The Kier molecular flexibility index (Phi) is 5.01. The molecular weight excluding hydrogens is 232 g/mol. The summed E-state index contributed by atoms with van der Waals surface area (Å²) in [4.78, 5) is 12.9. The minimum Gasteiger partial charge on any atom is -0.356 e. The first-order valence-electron chi connectivity index (χ1n) is 6.34. The molecule has 0 radical (unpaired) electrons. The third kappa shape index (κ3) is 4.48. The molecule has 0 aliphatic carbocycles. The van der Waals surface area contributed by atoms with Crippen molar-refractivity contribution < 1.29 is 4.79 Å². The van der Waals surface area contributed by atoms with Crippen molar-refractivity contribution in [2.24, 2.45) is 5.92 Å². The van der Waals surface area contributed by atoms with Gasteiger partial charge in [-0.25, -0.2) is 0 Å². The van der Waals surface area contributed by atoms with Crippen LogP contribution in [0.2, 0.25) is 0 Å². The lowest BCUT2D eigenvalue weighted by molar-refractivity contribution is -0.121. The zero-order valence-corrected chi connectivity index (χ0v) is 10.9. The Balaban J connectivity index is 1.60. The van der Waals surface area contributed by atoms with Crippen LogP contribution in [0.1, 0.15) is 24.1 Å². The molecule has 0 bridgehead atoms. The number of aryl methyl sites for hydroxylation is 1. The van der Waals surface area contributed by atoms with Gasteiger partial charge in [0.25, 0.3) is 0 Å². The number of thiophene rings is 1. The van der Waals surface area contributed by atoms with Gasteiger partial charge in [0.2, 0.25) is 5.91 Å². The molecular formula is C13H20N2OS. The van der Waals surface area contributed by atoms with E-state index in [1.165, 1.54) is 17.7 Å². The van der Waals surface area contributed by atoms with Crippen LogP contribution in [0, 0.1) is 5.92 Å². The molecule has 0 spiro atoms. The van der Waals surface area contributed by atoms with E-state index in [4.69, 9.17) is 0 Å². The van der Waals surface area contributed by atoms with Crippen LogP contribution in [0.3, 0.4) is 0 Å². The highest BCUT2D eigenvalue weighted by atomic mass is 32.1. The van der Waals surface area contributed by atoms with Crippen molar-refractivity contribution in [1.29, 1.82) is 0 Å². The van der Waals surface area contributed by atoms with Crippen molar-refractivity contribution in [2.45, 2.75) is 25.7 Å². The molecule has 3 nitrogen and oxygen atoms in total. The van der Waals surface area contributed by atoms with E-state index in [0.717, 1.165) is 26.1 Å². The number of amides is 1. The number of hydrogen-bond donors (Lipinski definition) is 2. The molecule has 1 aliphatic heterocycles. The maximum absolute atomic E-state index is 11.7. The molecule has 2 rings (SSSR count). The van der Waals surface area contributed by atoms with E-state index in [2.05, 4.69) is 22.1 Å². The van der Waals surface area contributed by atoms with Crippen molar-refractivity contribution in [3.05, 3.63) is 22.4 Å². The molecule has 1 aliphatic rings. The molecule has 1 atom stereocenters. The Morgan fingerprint density at radius 1 is 1.59 bits per heavy atom. The second-order valence-corrected chi connectivity index (χ2v) is 5.63. The van der Waals surface area contributed by atoms with Gasteiger partial charge in [-0.05, 0) is 49.7 Å². The summed E-state index contributed by atoms with van der Waals surface area (Å²) >= 11 is 1.72. The van der Waals surface area contributed by atoms with Crippen LogP contribution in [0.15, 0.2) is 17.5 Å². The van der Waals surface area contributed by atoms with E-state index in [9.17, 15) is 4.79 Å². The fourth-order valence-electron chi connectivity index (χ4n) is 2.14. The quantitative estimate of drug-likeness (QED) is 0.839. The maximum atomic E-state index is 11.7. The van der Waals surface area contributed by atoms with Gasteiger partial charge < -0.3 is 10.6 Å². The number of hydrogen-bond acceptors (Lipinski definition) is 3.